The number of likely N-dealkylation sites (tertiary alicyclic amines) is 1. The van der Waals surface area contributed by atoms with E-state index in [0.29, 0.717) is 25.3 Å². The van der Waals surface area contributed by atoms with Crippen LogP contribution in [0.2, 0.25) is 0 Å². The van der Waals surface area contributed by atoms with E-state index in [0.717, 1.165) is 55.3 Å². The average molecular weight is 438 g/mol. The Morgan fingerprint density at radius 3 is 2.53 bits per heavy atom. The zero-order chi connectivity index (χ0) is 21.3. The van der Waals surface area contributed by atoms with Crippen molar-refractivity contribution in [2.24, 2.45) is 5.92 Å². The third-order valence-corrected chi connectivity index (χ3v) is 7.79. The van der Waals surface area contributed by atoms with Crippen molar-refractivity contribution in [1.29, 1.82) is 0 Å². The maximum Gasteiger partial charge on any atom is 0.344 e. The molecule has 4 aliphatic rings. The molecule has 4 rings (SSSR count). The Morgan fingerprint density at radius 2 is 1.83 bits per heavy atom. The number of hydrogen-bond acceptors (Lipinski definition) is 6. The summed E-state index contributed by atoms with van der Waals surface area (Å²) in [5.41, 5.74) is 1.61. The van der Waals surface area contributed by atoms with Crippen LogP contribution in [-0.2, 0) is 14.4 Å². The number of hydrogen-bond donors (Lipinski definition) is 2. The van der Waals surface area contributed by atoms with E-state index in [1.165, 1.54) is 0 Å². The molecule has 3 saturated heterocycles. The van der Waals surface area contributed by atoms with Gasteiger partial charge in [-0.25, -0.2) is 4.79 Å². The lowest BCUT2D eigenvalue weighted by molar-refractivity contribution is -0.141. The molecule has 0 aromatic heterocycles. The Labute approximate surface area is 181 Å². The third-order valence-electron chi connectivity index (χ3n) is 6.84. The molecule has 3 aliphatic heterocycles. The first-order valence-corrected chi connectivity index (χ1v) is 12.1. The van der Waals surface area contributed by atoms with Crippen LogP contribution in [0.4, 0.5) is 4.79 Å². The van der Waals surface area contributed by atoms with E-state index < -0.39 is 17.5 Å². The first-order chi connectivity index (χ1) is 14.4. The molecule has 9 nitrogen and oxygen atoms in total. The maximum absolute atomic E-state index is 12.9. The van der Waals surface area contributed by atoms with Crippen LogP contribution in [0.25, 0.3) is 0 Å². The van der Waals surface area contributed by atoms with Crippen LogP contribution in [0.5, 0.6) is 0 Å². The zero-order valence-corrected chi connectivity index (χ0v) is 18.3. The minimum absolute atomic E-state index is 0.0000900. The van der Waals surface area contributed by atoms with Crippen molar-refractivity contribution in [2.75, 3.05) is 37.7 Å². The van der Waals surface area contributed by atoms with Gasteiger partial charge in [0.25, 0.3) is 11.8 Å². The molecular weight excluding hydrogens is 406 g/mol. The van der Waals surface area contributed by atoms with Crippen molar-refractivity contribution in [3.8, 4) is 0 Å². The second-order valence-electron chi connectivity index (χ2n) is 8.94. The maximum atomic E-state index is 12.9. The fourth-order valence-electron chi connectivity index (χ4n) is 4.95. The van der Waals surface area contributed by atoms with E-state index in [4.69, 9.17) is 0 Å². The second-order valence-corrected chi connectivity index (χ2v) is 10.2. The van der Waals surface area contributed by atoms with Gasteiger partial charge in [-0.2, -0.15) is 16.8 Å². The van der Waals surface area contributed by atoms with E-state index in [9.17, 15) is 19.2 Å². The lowest BCUT2D eigenvalue weighted by atomic mass is 9.77. The number of nitrogens with one attached hydrogen (secondary N) is 2. The molecule has 0 bridgehead atoms. The summed E-state index contributed by atoms with van der Waals surface area (Å²) in [6.45, 7) is 4.31. The van der Waals surface area contributed by atoms with Gasteiger partial charge in [-0.1, -0.05) is 6.92 Å². The van der Waals surface area contributed by atoms with E-state index in [-0.39, 0.29) is 24.4 Å². The highest BCUT2D eigenvalue weighted by Crippen LogP contribution is 2.35. The normalized spacial score (nSPS) is 32.6. The van der Waals surface area contributed by atoms with E-state index in [2.05, 4.69) is 17.7 Å². The highest BCUT2D eigenvalue weighted by Gasteiger charge is 2.53. The van der Waals surface area contributed by atoms with Gasteiger partial charge < -0.3 is 10.2 Å². The SMILES string of the molecule is CC1CCC2(CC1)NC(=O)N(NC(=O)CN1CCCC1C(=O)N1CCSCC1)C2=O. The van der Waals surface area contributed by atoms with Crippen LogP contribution < -0.4 is 10.7 Å². The fourth-order valence-corrected chi connectivity index (χ4v) is 5.85. The Morgan fingerprint density at radius 1 is 1.13 bits per heavy atom. The lowest BCUT2D eigenvalue weighted by Crippen LogP contribution is -2.54. The minimum Gasteiger partial charge on any atom is -0.340 e. The molecule has 0 aromatic rings. The number of amides is 5. The van der Waals surface area contributed by atoms with E-state index in [1.807, 2.05) is 21.6 Å². The third kappa shape index (κ3) is 4.16. The molecule has 10 heteroatoms. The molecule has 0 radical (unpaired) electrons. The summed E-state index contributed by atoms with van der Waals surface area (Å²) in [5, 5.41) is 3.65. The summed E-state index contributed by atoms with van der Waals surface area (Å²) < 4.78 is 0. The van der Waals surface area contributed by atoms with Gasteiger partial charge in [-0.15, -0.1) is 0 Å². The average Bonchev–Trinajstić information content (AvgIpc) is 3.29. The number of hydrazine groups is 1. The molecule has 0 aromatic carbocycles. The summed E-state index contributed by atoms with van der Waals surface area (Å²) >= 11 is 1.85. The van der Waals surface area contributed by atoms with Gasteiger partial charge in [-0.3, -0.25) is 24.7 Å². The quantitative estimate of drug-likeness (QED) is 0.623. The molecule has 3 heterocycles. The van der Waals surface area contributed by atoms with Crippen molar-refractivity contribution in [3.05, 3.63) is 0 Å². The number of imide groups is 1. The van der Waals surface area contributed by atoms with Crippen LogP contribution in [0.3, 0.4) is 0 Å². The Kier molecular flexibility index (Phi) is 6.24. The number of rotatable bonds is 4. The summed E-state index contributed by atoms with van der Waals surface area (Å²) in [7, 11) is 0. The van der Waals surface area contributed by atoms with Gasteiger partial charge >= 0.3 is 6.03 Å². The summed E-state index contributed by atoms with van der Waals surface area (Å²) in [6.07, 6.45) is 4.54. The molecule has 1 saturated carbocycles. The molecule has 166 valence electrons. The smallest absolute Gasteiger partial charge is 0.340 e. The lowest BCUT2D eigenvalue weighted by Gasteiger charge is -2.33. The van der Waals surface area contributed by atoms with Crippen molar-refractivity contribution in [2.45, 2.75) is 57.0 Å². The predicted octanol–water partition coefficient (Wildman–Crippen LogP) is 0.558. The molecular formula is C20H31N5O4S. The Hall–Kier alpha value is -1.81. The van der Waals surface area contributed by atoms with Crippen LogP contribution in [0.15, 0.2) is 0 Å². The van der Waals surface area contributed by atoms with Crippen molar-refractivity contribution >= 4 is 35.5 Å². The largest absolute Gasteiger partial charge is 0.344 e. The number of carbonyl (C=O) groups excluding carboxylic acids is 4. The molecule has 4 fully saturated rings. The molecule has 5 amide bonds. The fraction of sp³-hybridized carbons (Fsp3) is 0.800. The monoisotopic (exact) mass is 437 g/mol. The number of nitrogens with zero attached hydrogens (tertiary/aromatic N) is 3. The van der Waals surface area contributed by atoms with Gasteiger partial charge in [0.05, 0.1) is 12.6 Å². The van der Waals surface area contributed by atoms with Crippen molar-refractivity contribution in [1.82, 2.24) is 25.6 Å². The Balaban J connectivity index is 1.34. The minimum atomic E-state index is -0.880. The van der Waals surface area contributed by atoms with Crippen molar-refractivity contribution < 1.29 is 19.2 Å². The first kappa shape index (κ1) is 21.4. The standard InChI is InChI=1S/C20H31N5O4S/c1-14-4-6-20(7-5-14)18(28)25(19(29)21-20)22-16(26)13-24-8-2-3-15(24)17(27)23-9-11-30-12-10-23/h14-15H,2-13H2,1H3,(H,21,29)(H,22,26). The highest BCUT2D eigenvalue weighted by atomic mass is 32.2. The van der Waals surface area contributed by atoms with Crippen LogP contribution in [-0.4, -0.2) is 87.8 Å². The molecule has 1 spiro atoms. The van der Waals surface area contributed by atoms with Gasteiger partial charge in [0.15, 0.2) is 0 Å². The zero-order valence-electron chi connectivity index (χ0n) is 17.5. The molecule has 2 N–H and O–H groups in total. The summed E-state index contributed by atoms with van der Waals surface area (Å²) in [5.74, 6) is 1.72. The van der Waals surface area contributed by atoms with Gasteiger partial charge in [0.1, 0.15) is 5.54 Å². The Bertz CT molecular complexity index is 718. The van der Waals surface area contributed by atoms with Gasteiger partial charge in [0, 0.05) is 24.6 Å². The van der Waals surface area contributed by atoms with Crippen molar-refractivity contribution in [3.63, 3.8) is 0 Å². The molecule has 1 atom stereocenters. The molecule has 1 unspecified atom stereocenters. The number of urea groups is 1. The number of carbonyl (C=O) groups is 4. The number of thioether (sulfide) groups is 1. The van der Waals surface area contributed by atoms with Gasteiger partial charge in [0.2, 0.25) is 5.91 Å². The summed E-state index contributed by atoms with van der Waals surface area (Å²) in [6, 6.07) is -0.865. The predicted molar refractivity (Wildman–Crippen MR) is 112 cm³/mol. The van der Waals surface area contributed by atoms with Gasteiger partial charge in [-0.05, 0) is 51.0 Å². The van der Waals surface area contributed by atoms with Crippen LogP contribution in [0.1, 0.15) is 45.4 Å². The second kappa shape index (κ2) is 8.74. The van der Waals surface area contributed by atoms with E-state index >= 15 is 0 Å². The van der Waals surface area contributed by atoms with E-state index in [1.54, 1.807) is 0 Å². The summed E-state index contributed by atoms with van der Waals surface area (Å²) in [4.78, 5) is 54.6. The van der Waals surface area contributed by atoms with Crippen LogP contribution in [0, 0.1) is 5.92 Å². The first-order valence-electron chi connectivity index (χ1n) is 11.0. The highest BCUT2D eigenvalue weighted by molar-refractivity contribution is 7.99. The molecule has 30 heavy (non-hydrogen) atoms. The topological polar surface area (TPSA) is 102 Å². The van der Waals surface area contributed by atoms with Crippen LogP contribution >= 0.6 is 11.8 Å². The molecule has 1 aliphatic carbocycles.